The summed E-state index contributed by atoms with van der Waals surface area (Å²) in [5.74, 6) is 0.421. The minimum atomic E-state index is -0.505. The molecule has 0 aliphatic rings. The van der Waals surface area contributed by atoms with Crippen LogP contribution < -0.4 is 5.73 Å². The first-order chi connectivity index (χ1) is 6.66. The van der Waals surface area contributed by atoms with Crippen LogP contribution in [0.1, 0.15) is 0 Å². The lowest BCUT2D eigenvalue weighted by atomic mass is 10.3. The quantitative estimate of drug-likeness (QED) is 0.341. The van der Waals surface area contributed by atoms with Crippen LogP contribution in [0.5, 0.6) is 0 Å². The molecule has 0 aliphatic heterocycles. The van der Waals surface area contributed by atoms with E-state index >= 15 is 0 Å². The van der Waals surface area contributed by atoms with Crippen molar-refractivity contribution in [2.24, 2.45) is 0 Å². The summed E-state index contributed by atoms with van der Waals surface area (Å²) in [4.78, 5) is 10.6. The van der Waals surface area contributed by atoms with Gasteiger partial charge in [0.05, 0.1) is 16.4 Å². The largest absolute Gasteiger partial charge is 0.396 e. The van der Waals surface area contributed by atoms with Crippen LogP contribution in [0.15, 0.2) is 23.1 Å². The molecule has 0 amide bonds. The normalized spacial score (nSPS) is 10.1. The highest BCUT2D eigenvalue weighted by molar-refractivity contribution is 7.99. The van der Waals surface area contributed by atoms with Crippen molar-refractivity contribution in [3.05, 3.63) is 28.3 Å². The summed E-state index contributed by atoms with van der Waals surface area (Å²) < 4.78 is 0. The van der Waals surface area contributed by atoms with Gasteiger partial charge in [0.25, 0.3) is 0 Å². The summed E-state index contributed by atoms with van der Waals surface area (Å²) in [5.41, 5.74) is 5.55. The third kappa shape index (κ3) is 2.36. The highest BCUT2D eigenvalue weighted by Crippen LogP contribution is 2.33. The maximum Gasteiger partial charge on any atom is 0.305 e. The SMILES string of the molecule is Nc1cccc(SCCO)c1[N+](=O)[O-]. The Balaban J connectivity index is 3.02. The number of aliphatic hydroxyl groups excluding tert-OH is 1. The van der Waals surface area contributed by atoms with Crippen LogP contribution in [0.2, 0.25) is 0 Å². The fraction of sp³-hybridized carbons (Fsp3) is 0.250. The van der Waals surface area contributed by atoms with Crippen molar-refractivity contribution in [3.8, 4) is 0 Å². The van der Waals surface area contributed by atoms with Gasteiger partial charge in [0.15, 0.2) is 0 Å². The van der Waals surface area contributed by atoms with E-state index in [1.165, 1.54) is 17.8 Å². The van der Waals surface area contributed by atoms with E-state index in [4.69, 9.17) is 10.8 Å². The molecule has 1 aromatic rings. The van der Waals surface area contributed by atoms with E-state index in [2.05, 4.69) is 0 Å². The van der Waals surface area contributed by atoms with Gasteiger partial charge >= 0.3 is 5.69 Å². The molecule has 0 radical (unpaired) electrons. The van der Waals surface area contributed by atoms with Crippen LogP contribution in [0.4, 0.5) is 11.4 Å². The molecule has 0 spiro atoms. The van der Waals surface area contributed by atoms with E-state index < -0.39 is 4.92 Å². The maximum atomic E-state index is 10.7. The minimum absolute atomic E-state index is 0.0172. The molecule has 0 aromatic heterocycles. The van der Waals surface area contributed by atoms with Crippen LogP contribution >= 0.6 is 11.8 Å². The second-order valence-electron chi connectivity index (χ2n) is 2.52. The molecule has 0 bridgehead atoms. The number of nitro groups is 1. The topological polar surface area (TPSA) is 89.4 Å². The average molecular weight is 214 g/mol. The third-order valence-electron chi connectivity index (χ3n) is 1.56. The lowest BCUT2D eigenvalue weighted by Crippen LogP contribution is -1.98. The molecule has 0 saturated heterocycles. The van der Waals surface area contributed by atoms with Crippen LogP contribution in [-0.4, -0.2) is 22.4 Å². The number of aliphatic hydroxyl groups is 1. The molecule has 0 saturated carbocycles. The Bertz CT molecular complexity index is 343. The monoisotopic (exact) mass is 214 g/mol. The van der Waals surface area contributed by atoms with Crippen LogP contribution in [-0.2, 0) is 0 Å². The van der Waals surface area contributed by atoms with E-state index in [1.54, 1.807) is 12.1 Å². The molecule has 0 atom stereocenters. The Kier molecular flexibility index (Phi) is 3.73. The highest BCUT2D eigenvalue weighted by atomic mass is 32.2. The predicted molar refractivity (Wildman–Crippen MR) is 55.3 cm³/mol. The average Bonchev–Trinajstić information content (AvgIpc) is 2.14. The van der Waals surface area contributed by atoms with Crippen molar-refractivity contribution in [3.63, 3.8) is 0 Å². The highest BCUT2D eigenvalue weighted by Gasteiger charge is 2.17. The molecule has 0 fully saturated rings. The molecule has 0 aliphatic carbocycles. The number of hydrogen-bond donors (Lipinski definition) is 2. The summed E-state index contributed by atoms with van der Waals surface area (Å²) in [6.45, 7) is -0.0172. The van der Waals surface area contributed by atoms with Crippen molar-refractivity contribution in [2.75, 3.05) is 18.1 Å². The van der Waals surface area contributed by atoms with Gasteiger partial charge in [0, 0.05) is 5.75 Å². The molecular weight excluding hydrogens is 204 g/mol. The van der Waals surface area contributed by atoms with Gasteiger partial charge in [-0.3, -0.25) is 10.1 Å². The Hall–Kier alpha value is -1.27. The van der Waals surface area contributed by atoms with E-state index in [0.29, 0.717) is 10.6 Å². The number of nitro benzene ring substituents is 1. The summed E-state index contributed by atoms with van der Waals surface area (Å²) in [5, 5.41) is 19.3. The molecule has 0 unspecified atom stereocenters. The Morgan fingerprint density at radius 2 is 2.29 bits per heavy atom. The Morgan fingerprint density at radius 1 is 1.57 bits per heavy atom. The molecule has 14 heavy (non-hydrogen) atoms. The summed E-state index contributed by atoms with van der Waals surface area (Å²) in [6.07, 6.45) is 0. The predicted octanol–water partition coefficient (Wildman–Crippen LogP) is 1.26. The van der Waals surface area contributed by atoms with Gasteiger partial charge in [-0.15, -0.1) is 11.8 Å². The van der Waals surface area contributed by atoms with Crippen molar-refractivity contribution in [1.29, 1.82) is 0 Å². The van der Waals surface area contributed by atoms with Crippen molar-refractivity contribution < 1.29 is 10.0 Å². The zero-order chi connectivity index (χ0) is 10.6. The lowest BCUT2D eigenvalue weighted by molar-refractivity contribution is -0.386. The Morgan fingerprint density at radius 3 is 2.86 bits per heavy atom. The fourth-order valence-electron chi connectivity index (χ4n) is 1.01. The van der Waals surface area contributed by atoms with E-state index in [1.807, 2.05) is 0 Å². The molecule has 3 N–H and O–H groups in total. The second-order valence-corrected chi connectivity index (χ2v) is 3.66. The molecule has 76 valence electrons. The van der Waals surface area contributed by atoms with Crippen LogP contribution in [0, 0.1) is 10.1 Å². The van der Waals surface area contributed by atoms with Crippen molar-refractivity contribution in [2.45, 2.75) is 4.90 Å². The van der Waals surface area contributed by atoms with Crippen molar-refractivity contribution in [1.82, 2.24) is 0 Å². The number of nitrogen functional groups attached to an aromatic ring is 1. The van der Waals surface area contributed by atoms with Crippen LogP contribution in [0.3, 0.4) is 0 Å². The number of hydrogen-bond acceptors (Lipinski definition) is 5. The molecule has 1 aromatic carbocycles. The molecule has 6 heteroatoms. The van der Waals surface area contributed by atoms with Gasteiger partial charge < -0.3 is 10.8 Å². The second kappa shape index (κ2) is 4.83. The zero-order valence-electron chi connectivity index (χ0n) is 7.34. The lowest BCUT2D eigenvalue weighted by Gasteiger charge is -2.03. The number of nitrogens with two attached hydrogens (primary N) is 1. The van der Waals surface area contributed by atoms with E-state index in [0.717, 1.165) is 0 Å². The van der Waals surface area contributed by atoms with Gasteiger partial charge in [-0.25, -0.2) is 0 Å². The summed E-state index contributed by atoms with van der Waals surface area (Å²) in [6, 6.07) is 4.76. The van der Waals surface area contributed by atoms with E-state index in [9.17, 15) is 10.1 Å². The number of benzene rings is 1. The van der Waals surface area contributed by atoms with Crippen LogP contribution in [0.25, 0.3) is 0 Å². The molecule has 0 heterocycles. The fourth-order valence-corrected chi connectivity index (χ4v) is 1.82. The van der Waals surface area contributed by atoms with E-state index in [-0.39, 0.29) is 18.0 Å². The first kappa shape index (κ1) is 10.8. The molecule has 1 rings (SSSR count). The Labute approximate surface area is 85.1 Å². The van der Waals surface area contributed by atoms with Gasteiger partial charge in [0.1, 0.15) is 5.69 Å². The first-order valence-electron chi connectivity index (χ1n) is 3.93. The smallest absolute Gasteiger partial charge is 0.305 e. The zero-order valence-corrected chi connectivity index (χ0v) is 8.16. The number of thioether (sulfide) groups is 1. The minimum Gasteiger partial charge on any atom is -0.396 e. The maximum absolute atomic E-state index is 10.7. The number of rotatable bonds is 4. The standard InChI is InChI=1S/C8H10N2O3S/c9-6-2-1-3-7(14-5-4-11)8(6)10(12)13/h1-3,11H,4-5,9H2. The van der Waals surface area contributed by atoms with Gasteiger partial charge in [-0.2, -0.15) is 0 Å². The van der Waals surface area contributed by atoms with Gasteiger partial charge in [-0.1, -0.05) is 6.07 Å². The molecular formula is C8H10N2O3S. The van der Waals surface area contributed by atoms with Crippen molar-refractivity contribution >= 4 is 23.1 Å². The third-order valence-corrected chi connectivity index (χ3v) is 2.59. The number of para-hydroxylation sites is 1. The first-order valence-corrected chi connectivity index (χ1v) is 4.92. The number of nitrogens with zero attached hydrogens (tertiary/aromatic N) is 1. The summed E-state index contributed by atoms with van der Waals surface area (Å²) >= 11 is 1.22. The van der Waals surface area contributed by atoms with Gasteiger partial charge in [0.2, 0.25) is 0 Å². The molecule has 5 nitrogen and oxygen atoms in total. The summed E-state index contributed by atoms with van der Waals surface area (Å²) in [7, 11) is 0. The van der Waals surface area contributed by atoms with Gasteiger partial charge in [-0.05, 0) is 12.1 Å². The number of anilines is 1.